The number of rotatable bonds is 10. The number of halogens is 1. The fourth-order valence-electron chi connectivity index (χ4n) is 8.44. The van der Waals surface area contributed by atoms with Gasteiger partial charge in [-0.05, 0) is 75.9 Å². The van der Waals surface area contributed by atoms with E-state index in [1.807, 2.05) is 0 Å². The minimum atomic E-state index is -2.06. The minimum Gasteiger partial charge on any atom is -0.450 e. The van der Waals surface area contributed by atoms with Gasteiger partial charge in [0.1, 0.15) is 5.60 Å². The number of ether oxygens (including phenoxy) is 2. The lowest BCUT2D eigenvalue weighted by Crippen LogP contribution is -2.69. The smallest absolute Gasteiger partial charge is 0.407 e. The average molecular weight is 593 g/mol. The summed E-state index contributed by atoms with van der Waals surface area (Å²) in [5.74, 6) is -2.41. The van der Waals surface area contributed by atoms with E-state index in [9.17, 15) is 29.4 Å². The van der Waals surface area contributed by atoms with E-state index in [-0.39, 0.29) is 12.2 Å². The van der Waals surface area contributed by atoms with Crippen LogP contribution in [0.2, 0.25) is 0 Å². The molecule has 0 aromatic rings. The molecule has 0 aromatic carbocycles. The predicted octanol–water partition coefficient (Wildman–Crippen LogP) is 3.55. The van der Waals surface area contributed by atoms with Crippen molar-refractivity contribution in [2.45, 2.75) is 89.5 Å². The number of alkyl halides is 1. The lowest BCUT2D eigenvalue weighted by Gasteiger charge is -2.62. The number of ketones is 2. The molecule has 8 atom stereocenters. The summed E-state index contributed by atoms with van der Waals surface area (Å²) in [7, 11) is 1.49. The Morgan fingerprint density at radius 1 is 1.10 bits per heavy atom. The van der Waals surface area contributed by atoms with Crippen molar-refractivity contribution in [3.8, 4) is 0 Å². The minimum absolute atomic E-state index is 0.137. The van der Waals surface area contributed by atoms with Crippen LogP contribution in [0.4, 0.5) is 14.0 Å². The van der Waals surface area contributed by atoms with Crippen LogP contribution in [0.25, 0.3) is 0 Å². The van der Waals surface area contributed by atoms with Crippen molar-refractivity contribution in [2.24, 2.45) is 28.6 Å². The molecule has 0 spiro atoms. The predicted molar refractivity (Wildman–Crippen MR) is 151 cm³/mol. The van der Waals surface area contributed by atoms with Crippen molar-refractivity contribution >= 4 is 23.8 Å². The number of carbonyl (C=O) groups is 4. The zero-order valence-electron chi connectivity index (χ0n) is 25.0. The van der Waals surface area contributed by atoms with E-state index in [0.717, 1.165) is 12.8 Å². The van der Waals surface area contributed by atoms with Gasteiger partial charge in [0.15, 0.2) is 18.1 Å². The molecule has 4 aliphatic rings. The number of carbonyl (C=O) groups excluding carboxylic acids is 4. The van der Waals surface area contributed by atoms with Gasteiger partial charge in [-0.25, -0.2) is 14.0 Å². The molecule has 3 saturated carbocycles. The highest BCUT2D eigenvalue weighted by Crippen LogP contribution is 2.70. The van der Waals surface area contributed by atoms with Gasteiger partial charge in [-0.15, -0.1) is 0 Å². The van der Waals surface area contributed by atoms with Crippen molar-refractivity contribution < 1.29 is 43.3 Å². The average Bonchev–Trinajstić information content (AvgIpc) is 3.15. The van der Waals surface area contributed by atoms with Crippen LogP contribution in [0.5, 0.6) is 0 Å². The fraction of sp³-hybridized carbons (Fsp3) is 0.742. The molecule has 0 bridgehead atoms. The number of Topliss-reactive ketones (excluding diaryl/α,β-unsaturated/α-hetero) is 1. The van der Waals surface area contributed by atoms with E-state index in [4.69, 9.17) is 9.47 Å². The third kappa shape index (κ3) is 5.16. The van der Waals surface area contributed by atoms with Gasteiger partial charge in [-0.1, -0.05) is 31.9 Å². The maximum Gasteiger partial charge on any atom is 0.407 e. The summed E-state index contributed by atoms with van der Waals surface area (Å²) in [5, 5.41) is 28.4. The molecule has 0 aliphatic heterocycles. The van der Waals surface area contributed by atoms with E-state index >= 15 is 4.39 Å². The van der Waals surface area contributed by atoms with Crippen LogP contribution in [0.15, 0.2) is 23.8 Å². The lowest BCUT2D eigenvalue weighted by atomic mass is 9.44. The van der Waals surface area contributed by atoms with Crippen molar-refractivity contribution in [3.63, 3.8) is 0 Å². The van der Waals surface area contributed by atoms with Gasteiger partial charge < -0.3 is 30.3 Å². The van der Waals surface area contributed by atoms with Crippen molar-refractivity contribution in [1.29, 1.82) is 0 Å². The third-order valence-corrected chi connectivity index (χ3v) is 10.8. The van der Waals surface area contributed by atoms with Crippen molar-refractivity contribution in [1.82, 2.24) is 10.6 Å². The first-order valence-corrected chi connectivity index (χ1v) is 15.1. The van der Waals surface area contributed by atoms with Gasteiger partial charge in [0.25, 0.3) is 0 Å². The molecule has 0 radical (unpaired) electrons. The highest BCUT2D eigenvalue weighted by atomic mass is 19.1. The molecule has 10 nitrogen and oxygen atoms in total. The van der Waals surface area contributed by atoms with Crippen LogP contribution < -0.4 is 10.6 Å². The van der Waals surface area contributed by atoms with E-state index in [2.05, 4.69) is 10.6 Å². The topological polar surface area (TPSA) is 151 Å². The number of aliphatic hydroxyl groups excluding tert-OH is 1. The second-order valence-corrected chi connectivity index (χ2v) is 12.9. The van der Waals surface area contributed by atoms with Crippen molar-refractivity contribution in [2.75, 3.05) is 26.8 Å². The molecule has 0 aromatic heterocycles. The Balaban J connectivity index is 1.35. The normalized spacial score (nSPS) is 38.5. The van der Waals surface area contributed by atoms with Gasteiger partial charge in [0, 0.05) is 30.3 Å². The molecule has 4 N–H and O–H groups in total. The highest BCUT2D eigenvalue weighted by Gasteiger charge is 2.75. The molecule has 3 fully saturated rings. The van der Waals surface area contributed by atoms with Crippen LogP contribution >= 0.6 is 0 Å². The maximum atomic E-state index is 17.3. The molecule has 4 rings (SSSR count). The Morgan fingerprint density at radius 2 is 1.81 bits per heavy atom. The summed E-state index contributed by atoms with van der Waals surface area (Å²) >= 11 is 0. The number of aliphatic hydroxyl groups is 2. The largest absolute Gasteiger partial charge is 0.450 e. The Kier molecular flexibility index (Phi) is 9.23. The summed E-state index contributed by atoms with van der Waals surface area (Å²) in [6.07, 6.45) is 5.83. The molecule has 42 heavy (non-hydrogen) atoms. The van der Waals surface area contributed by atoms with Gasteiger partial charge >= 0.3 is 12.2 Å². The van der Waals surface area contributed by atoms with Crippen LogP contribution in [-0.2, 0) is 19.1 Å². The number of amides is 2. The zero-order chi connectivity index (χ0) is 30.9. The number of unbranched alkanes of at least 4 members (excludes halogenated alkanes) is 3. The fourth-order valence-corrected chi connectivity index (χ4v) is 8.44. The van der Waals surface area contributed by atoms with E-state index in [1.54, 1.807) is 26.8 Å². The molecule has 0 heterocycles. The lowest BCUT2D eigenvalue weighted by molar-refractivity contribution is -0.219. The Labute approximate surface area is 246 Å². The number of alkyl carbamates (subject to hydrolysis) is 2. The Bertz CT molecular complexity index is 1160. The van der Waals surface area contributed by atoms with Crippen LogP contribution in [0, 0.1) is 28.6 Å². The number of hydrogen-bond donors (Lipinski definition) is 4. The van der Waals surface area contributed by atoms with E-state index in [0.29, 0.717) is 50.8 Å². The van der Waals surface area contributed by atoms with Gasteiger partial charge in [0.2, 0.25) is 5.78 Å². The monoisotopic (exact) mass is 592 g/mol. The molecular formula is C31H45FN2O8. The molecular weight excluding hydrogens is 547 g/mol. The number of allylic oxidation sites excluding steroid dienone is 4. The van der Waals surface area contributed by atoms with Gasteiger partial charge in [-0.2, -0.15) is 0 Å². The molecule has 11 heteroatoms. The van der Waals surface area contributed by atoms with Gasteiger partial charge in [0.05, 0.1) is 12.7 Å². The summed E-state index contributed by atoms with van der Waals surface area (Å²) < 4.78 is 27.4. The van der Waals surface area contributed by atoms with Crippen LogP contribution in [0.1, 0.15) is 72.1 Å². The third-order valence-electron chi connectivity index (χ3n) is 10.8. The number of fused-ring (bicyclic) bond motifs is 5. The summed E-state index contributed by atoms with van der Waals surface area (Å²) in [5.41, 5.74) is -5.58. The quantitative estimate of drug-likeness (QED) is 0.281. The zero-order valence-corrected chi connectivity index (χ0v) is 25.0. The standard InChI is InChI=1S/C31H45FN2O8/c1-19-15-23-22-10-9-20-16-21(35)11-12-28(20,2)30(22,32)24(36)17-29(23,3)31(19,40)25(37)18-42-27(39)34-13-7-5-6-8-14-41-26(38)33-4/h11-12,16,19,22-24,36,40H,5-10,13-15,17-18H2,1-4H3,(H,33,38)(H,34,39). The number of nitrogens with one attached hydrogen (secondary N) is 2. The molecule has 2 amide bonds. The highest BCUT2D eigenvalue weighted by molar-refractivity contribution is 6.01. The van der Waals surface area contributed by atoms with Crippen LogP contribution in [0.3, 0.4) is 0 Å². The second-order valence-electron chi connectivity index (χ2n) is 12.9. The summed E-state index contributed by atoms with van der Waals surface area (Å²) in [6, 6.07) is 0. The maximum absolute atomic E-state index is 17.3. The second kappa shape index (κ2) is 12.1. The van der Waals surface area contributed by atoms with Crippen LogP contribution in [-0.4, -0.2) is 78.1 Å². The molecule has 4 aliphatic carbocycles. The van der Waals surface area contributed by atoms with Crippen molar-refractivity contribution in [3.05, 3.63) is 23.8 Å². The van der Waals surface area contributed by atoms with Gasteiger partial charge in [-0.3, -0.25) is 9.59 Å². The summed E-state index contributed by atoms with van der Waals surface area (Å²) in [6.45, 7) is 5.24. The summed E-state index contributed by atoms with van der Waals surface area (Å²) in [4.78, 5) is 48.8. The first-order valence-electron chi connectivity index (χ1n) is 15.1. The van der Waals surface area contributed by atoms with E-state index < -0.39 is 70.5 Å². The molecule has 234 valence electrons. The number of hydrogen-bond acceptors (Lipinski definition) is 8. The molecule has 8 unspecified atom stereocenters. The molecule has 0 saturated heterocycles. The SMILES string of the molecule is CNC(=O)OCCCCCCNC(=O)OCC(=O)C1(O)C(C)CC2C3CCC4=CC(=O)C=CC4(C)C3(F)C(O)CC21C. The Morgan fingerprint density at radius 3 is 2.52 bits per heavy atom. The van der Waals surface area contributed by atoms with E-state index in [1.165, 1.54) is 19.2 Å². The Hall–Kier alpha value is -2.79. The first kappa shape index (κ1) is 32.1. The first-order chi connectivity index (χ1) is 19.8.